The summed E-state index contributed by atoms with van der Waals surface area (Å²) in [4.78, 5) is 14.8. The molecule has 0 bridgehead atoms. The van der Waals surface area contributed by atoms with Crippen LogP contribution >= 0.6 is 0 Å². The van der Waals surface area contributed by atoms with Gasteiger partial charge in [-0.15, -0.1) is 0 Å². The molecule has 0 saturated carbocycles. The van der Waals surface area contributed by atoms with Gasteiger partial charge in [-0.2, -0.15) is 13.2 Å². The number of rotatable bonds is 5. The van der Waals surface area contributed by atoms with Crippen LogP contribution in [0, 0.1) is 5.41 Å². The normalized spacial score (nSPS) is 23.0. The van der Waals surface area contributed by atoms with E-state index in [1.54, 1.807) is 13.0 Å². The van der Waals surface area contributed by atoms with Crippen molar-refractivity contribution in [2.45, 2.75) is 50.0 Å². The van der Waals surface area contributed by atoms with Crippen molar-refractivity contribution in [3.63, 3.8) is 0 Å². The molecule has 2 heterocycles. The van der Waals surface area contributed by atoms with Crippen molar-refractivity contribution in [2.75, 3.05) is 33.3 Å². The summed E-state index contributed by atoms with van der Waals surface area (Å²) in [5, 5.41) is 13.8. The first-order valence-corrected chi connectivity index (χ1v) is 12.1. The van der Waals surface area contributed by atoms with Gasteiger partial charge in [-0.3, -0.25) is 4.79 Å². The van der Waals surface area contributed by atoms with Gasteiger partial charge in [0, 0.05) is 38.2 Å². The van der Waals surface area contributed by atoms with Gasteiger partial charge >= 0.3 is 6.18 Å². The SMILES string of the molecule is CO[C@@](C(=O)N1CCC2(CCNCC2c2ccccc2C(C)O)CC1)(c1ccccc1)C(F)(F)F. The van der Waals surface area contributed by atoms with Crippen LogP contribution in [0.1, 0.15) is 54.9 Å². The Morgan fingerprint density at radius 3 is 2.31 bits per heavy atom. The van der Waals surface area contributed by atoms with Crippen LogP contribution in [-0.4, -0.2) is 55.4 Å². The van der Waals surface area contributed by atoms with Gasteiger partial charge in [0.15, 0.2) is 0 Å². The van der Waals surface area contributed by atoms with Crippen molar-refractivity contribution >= 4 is 5.91 Å². The van der Waals surface area contributed by atoms with Gasteiger partial charge in [-0.05, 0) is 49.3 Å². The molecule has 1 spiro atoms. The molecule has 2 fully saturated rings. The lowest BCUT2D eigenvalue weighted by molar-refractivity contribution is -0.271. The first kappa shape index (κ1) is 25.7. The van der Waals surface area contributed by atoms with Gasteiger partial charge in [0.1, 0.15) is 0 Å². The number of hydrogen-bond donors (Lipinski definition) is 2. The fourth-order valence-electron chi connectivity index (χ4n) is 6.00. The van der Waals surface area contributed by atoms with Crippen molar-refractivity contribution in [1.82, 2.24) is 10.2 Å². The second kappa shape index (κ2) is 9.91. The molecule has 2 N–H and O–H groups in total. The van der Waals surface area contributed by atoms with Crippen LogP contribution in [0.25, 0.3) is 0 Å². The summed E-state index contributed by atoms with van der Waals surface area (Å²) in [7, 11) is 0.944. The Bertz CT molecular complexity index is 1020. The molecule has 2 unspecified atom stereocenters. The molecule has 1 amide bonds. The summed E-state index contributed by atoms with van der Waals surface area (Å²) < 4.78 is 48.3. The zero-order chi connectivity index (χ0) is 25.3. The van der Waals surface area contributed by atoms with Crippen LogP contribution in [0.15, 0.2) is 54.6 Å². The van der Waals surface area contributed by atoms with Gasteiger partial charge in [0.05, 0.1) is 6.10 Å². The Labute approximate surface area is 204 Å². The van der Waals surface area contributed by atoms with E-state index in [0.29, 0.717) is 12.8 Å². The van der Waals surface area contributed by atoms with E-state index in [-0.39, 0.29) is 30.0 Å². The second-order valence-corrected chi connectivity index (χ2v) is 9.72. The van der Waals surface area contributed by atoms with E-state index in [9.17, 15) is 23.1 Å². The molecular formula is C27H33F3N2O3. The maximum Gasteiger partial charge on any atom is 0.430 e. The number of nitrogens with zero attached hydrogens (tertiary/aromatic N) is 1. The van der Waals surface area contributed by atoms with E-state index < -0.39 is 23.8 Å². The smallest absolute Gasteiger partial charge is 0.389 e. The maximum absolute atomic E-state index is 14.4. The molecule has 35 heavy (non-hydrogen) atoms. The summed E-state index contributed by atoms with van der Waals surface area (Å²) in [6, 6.07) is 15.0. The van der Waals surface area contributed by atoms with Crippen molar-refractivity contribution in [3.05, 3.63) is 71.3 Å². The minimum Gasteiger partial charge on any atom is -0.389 e. The third-order valence-electron chi connectivity index (χ3n) is 7.94. The van der Waals surface area contributed by atoms with Crippen molar-refractivity contribution in [3.8, 4) is 0 Å². The minimum atomic E-state index is -4.91. The summed E-state index contributed by atoms with van der Waals surface area (Å²) in [6.45, 7) is 3.73. The molecule has 2 aromatic rings. The standard InChI is InChI=1S/C27H33F3N2O3/c1-19(33)21-10-6-7-11-22(21)23-18-31-15-12-25(23)13-16-32(17-14-25)24(34)26(35-2,27(28,29)30)20-8-4-3-5-9-20/h3-11,19,23,31,33H,12-18H2,1-2H3/t19?,23?,26-/m1/s1. The third-order valence-corrected chi connectivity index (χ3v) is 7.94. The van der Waals surface area contributed by atoms with E-state index in [1.807, 2.05) is 24.3 Å². The maximum atomic E-state index is 14.4. The van der Waals surface area contributed by atoms with Gasteiger partial charge in [0.25, 0.3) is 11.5 Å². The number of halogens is 3. The van der Waals surface area contributed by atoms with E-state index >= 15 is 0 Å². The van der Waals surface area contributed by atoms with Crippen molar-refractivity contribution in [2.24, 2.45) is 5.41 Å². The molecule has 2 saturated heterocycles. The Balaban J connectivity index is 1.62. The Hall–Kier alpha value is -2.42. The average molecular weight is 491 g/mol. The number of methoxy groups -OCH3 is 1. The van der Waals surface area contributed by atoms with Gasteiger partial charge in [-0.25, -0.2) is 0 Å². The largest absolute Gasteiger partial charge is 0.430 e. The predicted octanol–water partition coefficient (Wildman–Crippen LogP) is 4.53. The average Bonchev–Trinajstić information content (AvgIpc) is 2.85. The summed E-state index contributed by atoms with van der Waals surface area (Å²) >= 11 is 0. The third kappa shape index (κ3) is 4.47. The molecule has 5 nitrogen and oxygen atoms in total. The number of carbonyl (C=O) groups excluding carboxylic acids is 1. The number of benzene rings is 2. The summed E-state index contributed by atoms with van der Waals surface area (Å²) in [5.74, 6) is -0.966. The molecule has 0 aliphatic carbocycles. The summed E-state index contributed by atoms with van der Waals surface area (Å²) in [5.41, 5.74) is -1.47. The van der Waals surface area contributed by atoms with Crippen LogP contribution < -0.4 is 5.32 Å². The van der Waals surface area contributed by atoms with E-state index in [0.717, 1.165) is 37.7 Å². The first-order valence-electron chi connectivity index (χ1n) is 12.1. The molecule has 2 aromatic carbocycles. The van der Waals surface area contributed by atoms with E-state index in [2.05, 4.69) is 5.32 Å². The van der Waals surface area contributed by atoms with Crippen LogP contribution in [0.5, 0.6) is 0 Å². The van der Waals surface area contributed by atoms with Crippen LogP contribution in [0.3, 0.4) is 0 Å². The minimum absolute atomic E-state index is 0.100. The molecule has 2 aliphatic heterocycles. The number of piperidine rings is 2. The highest BCUT2D eigenvalue weighted by molar-refractivity contribution is 5.88. The Morgan fingerprint density at radius 2 is 1.71 bits per heavy atom. The fraction of sp³-hybridized carbons (Fsp3) is 0.519. The number of aliphatic hydroxyl groups is 1. The number of amides is 1. The number of carbonyl (C=O) groups is 1. The number of hydrogen-bond acceptors (Lipinski definition) is 4. The monoisotopic (exact) mass is 490 g/mol. The highest BCUT2D eigenvalue weighted by Crippen LogP contribution is 2.51. The zero-order valence-corrected chi connectivity index (χ0v) is 20.1. The second-order valence-electron chi connectivity index (χ2n) is 9.72. The van der Waals surface area contributed by atoms with E-state index in [4.69, 9.17) is 4.74 Å². The lowest BCUT2D eigenvalue weighted by Gasteiger charge is -2.51. The first-order chi connectivity index (χ1) is 16.7. The summed E-state index contributed by atoms with van der Waals surface area (Å²) in [6.07, 6.45) is -3.49. The van der Waals surface area contributed by atoms with Gasteiger partial charge in [0.2, 0.25) is 0 Å². The number of aliphatic hydroxyl groups excluding tert-OH is 1. The molecule has 0 aromatic heterocycles. The highest BCUT2D eigenvalue weighted by atomic mass is 19.4. The molecule has 4 rings (SSSR count). The van der Waals surface area contributed by atoms with E-state index in [1.165, 1.54) is 29.2 Å². The molecule has 0 radical (unpaired) electrons. The predicted molar refractivity (Wildman–Crippen MR) is 127 cm³/mol. The number of likely N-dealkylation sites (tertiary alicyclic amines) is 1. The lowest BCUT2D eigenvalue weighted by atomic mass is 9.62. The Morgan fingerprint density at radius 1 is 1.09 bits per heavy atom. The van der Waals surface area contributed by atoms with Crippen molar-refractivity contribution in [1.29, 1.82) is 0 Å². The molecule has 190 valence electrons. The fourth-order valence-corrected chi connectivity index (χ4v) is 6.00. The topological polar surface area (TPSA) is 61.8 Å². The molecular weight excluding hydrogens is 457 g/mol. The number of nitrogens with one attached hydrogen (secondary N) is 1. The van der Waals surface area contributed by atoms with Crippen LogP contribution in [0.4, 0.5) is 13.2 Å². The highest BCUT2D eigenvalue weighted by Gasteiger charge is 2.64. The molecule has 8 heteroatoms. The zero-order valence-electron chi connectivity index (χ0n) is 20.1. The lowest BCUT2D eigenvalue weighted by Crippen LogP contribution is -2.59. The number of ether oxygens (including phenoxy) is 1. The Kier molecular flexibility index (Phi) is 7.27. The van der Waals surface area contributed by atoms with Gasteiger partial charge in [-0.1, -0.05) is 54.6 Å². The molecule has 3 atom stereocenters. The van der Waals surface area contributed by atoms with Crippen molar-refractivity contribution < 1.29 is 27.8 Å². The van der Waals surface area contributed by atoms with Gasteiger partial charge < -0.3 is 20.1 Å². The quantitative estimate of drug-likeness (QED) is 0.647. The molecule has 2 aliphatic rings. The number of alkyl halides is 3. The van der Waals surface area contributed by atoms with Crippen LogP contribution in [0.2, 0.25) is 0 Å². The van der Waals surface area contributed by atoms with Crippen LogP contribution in [-0.2, 0) is 15.1 Å².